The van der Waals surface area contributed by atoms with Crippen molar-refractivity contribution in [3.8, 4) is 0 Å². The number of nitrogens with one attached hydrogen (secondary N) is 1. The van der Waals surface area contributed by atoms with E-state index >= 15 is 0 Å². The van der Waals surface area contributed by atoms with Crippen LogP contribution in [0.4, 0.5) is 0 Å². The highest BCUT2D eigenvalue weighted by molar-refractivity contribution is 5.90. The summed E-state index contributed by atoms with van der Waals surface area (Å²) < 4.78 is 0. The van der Waals surface area contributed by atoms with E-state index < -0.39 is 0 Å². The molecule has 13 heavy (non-hydrogen) atoms. The number of Topliss-reactive ketones (excluding diaryl/α,β-unsaturated/α-hetero) is 1. The number of carbonyl (C=O) groups is 1. The fourth-order valence-corrected chi connectivity index (χ4v) is 2.56. The van der Waals surface area contributed by atoms with Gasteiger partial charge in [-0.05, 0) is 31.1 Å². The normalized spacial score (nSPS) is 31.1. The molecular weight excluding hydrogens is 162 g/mol. The first-order valence-electron chi connectivity index (χ1n) is 5.33. The third-order valence-corrected chi connectivity index (χ3v) is 3.81. The quantitative estimate of drug-likeness (QED) is 0.618. The molecule has 0 amide bonds. The third kappa shape index (κ3) is 1.52. The predicted molar refractivity (Wildman–Crippen MR) is 52.6 cm³/mol. The van der Waals surface area contributed by atoms with Crippen LogP contribution in [0.25, 0.3) is 0 Å². The van der Waals surface area contributed by atoms with Gasteiger partial charge in [0.1, 0.15) is 0 Å². The second-order valence-corrected chi connectivity index (χ2v) is 5.35. The van der Waals surface area contributed by atoms with Crippen LogP contribution in [0, 0.1) is 5.41 Å². The number of hydrogen-bond donors (Lipinski definition) is 1. The van der Waals surface area contributed by atoms with Crippen molar-refractivity contribution in [3.05, 3.63) is 0 Å². The van der Waals surface area contributed by atoms with E-state index in [1.807, 2.05) is 0 Å². The van der Waals surface area contributed by atoms with Crippen molar-refractivity contribution >= 4 is 5.78 Å². The van der Waals surface area contributed by atoms with Crippen LogP contribution in [-0.2, 0) is 4.79 Å². The zero-order valence-corrected chi connectivity index (χ0v) is 8.65. The minimum absolute atomic E-state index is 0.102. The highest BCUT2D eigenvalue weighted by atomic mass is 16.1. The van der Waals surface area contributed by atoms with E-state index in [-0.39, 0.29) is 5.54 Å². The molecule has 0 radical (unpaired) electrons. The smallest absolute Gasteiger partial charge is 0.154 e. The molecule has 2 aliphatic rings. The Kier molecular flexibility index (Phi) is 1.99. The summed E-state index contributed by atoms with van der Waals surface area (Å²) in [6.45, 7) is 5.51. The van der Waals surface area contributed by atoms with Crippen LogP contribution in [-0.4, -0.2) is 17.9 Å². The van der Waals surface area contributed by atoms with Crippen LogP contribution in [0.15, 0.2) is 0 Å². The highest BCUT2D eigenvalue weighted by Gasteiger charge is 2.45. The maximum Gasteiger partial charge on any atom is 0.154 e. The topological polar surface area (TPSA) is 29.1 Å². The van der Waals surface area contributed by atoms with Crippen molar-refractivity contribution in [1.82, 2.24) is 5.32 Å². The molecule has 1 saturated carbocycles. The van der Waals surface area contributed by atoms with Crippen molar-refractivity contribution in [3.63, 3.8) is 0 Å². The van der Waals surface area contributed by atoms with Gasteiger partial charge in [-0.15, -0.1) is 0 Å². The summed E-state index contributed by atoms with van der Waals surface area (Å²) in [4.78, 5) is 11.7. The molecule has 1 aliphatic heterocycles. The molecule has 0 bridgehead atoms. The Balaban J connectivity index is 2.08. The maximum absolute atomic E-state index is 11.7. The lowest BCUT2D eigenvalue weighted by molar-refractivity contribution is -0.124. The summed E-state index contributed by atoms with van der Waals surface area (Å²) in [5.41, 5.74) is 0.352. The van der Waals surface area contributed by atoms with Gasteiger partial charge < -0.3 is 5.32 Å². The van der Waals surface area contributed by atoms with E-state index in [2.05, 4.69) is 19.2 Å². The van der Waals surface area contributed by atoms with E-state index in [9.17, 15) is 4.79 Å². The fourth-order valence-electron chi connectivity index (χ4n) is 2.56. The molecule has 2 heteroatoms. The fraction of sp³-hybridized carbons (Fsp3) is 0.909. The molecule has 74 valence electrons. The molecule has 1 heterocycles. The Labute approximate surface area is 80.1 Å². The Bertz CT molecular complexity index is 222. The van der Waals surface area contributed by atoms with Crippen LogP contribution < -0.4 is 5.32 Å². The third-order valence-electron chi connectivity index (χ3n) is 3.81. The molecule has 1 aliphatic carbocycles. The van der Waals surface area contributed by atoms with Gasteiger partial charge in [0.25, 0.3) is 0 Å². The monoisotopic (exact) mass is 181 g/mol. The molecule has 2 fully saturated rings. The highest BCUT2D eigenvalue weighted by Crippen LogP contribution is 2.42. The molecule has 0 aromatic carbocycles. The van der Waals surface area contributed by atoms with Gasteiger partial charge in [0.2, 0.25) is 0 Å². The molecule has 0 unspecified atom stereocenters. The van der Waals surface area contributed by atoms with Gasteiger partial charge in [0, 0.05) is 13.0 Å². The average molecular weight is 181 g/mol. The lowest BCUT2D eigenvalue weighted by Crippen LogP contribution is -2.49. The van der Waals surface area contributed by atoms with Crippen molar-refractivity contribution in [2.24, 2.45) is 5.41 Å². The Morgan fingerprint density at radius 1 is 1.15 bits per heavy atom. The standard InChI is InChI=1S/C11H19NO/c1-10(2)4-6-11(7-5-10)9(13)3-8-12-11/h12H,3-8H2,1-2H3. The summed E-state index contributed by atoms with van der Waals surface area (Å²) >= 11 is 0. The van der Waals surface area contributed by atoms with Gasteiger partial charge in [-0.25, -0.2) is 0 Å². The maximum atomic E-state index is 11.7. The first-order valence-corrected chi connectivity index (χ1v) is 5.33. The van der Waals surface area contributed by atoms with E-state index in [4.69, 9.17) is 0 Å². The number of carbonyl (C=O) groups excluding carboxylic acids is 1. The van der Waals surface area contributed by atoms with Gasteiger partial charge in [-0.1, -0.05) is 13.8 Å². The molecule has 2 rings (SSSR count). The van der Waals surface area contributed by atoms with Crippen LogP contribution >= 0.6 is 0 Å². The largest absolute Gasteiger partial charge is 0.304 e. The predicted octanol–water partition coefficient (Wildman–Crippen LogP) is 1.89. The molecule has 0 aromatic heterocycles. The van der Waals surface area contributed by atoms with Crippen LogP contribution in [0.5, 0.6) is 0 Å². The van der Waals surface area contributed by atoms with Crippen LogP contribution in [0.1, 0.15) is 46.0 Å². The Morgan fingerprint density at radius 2 is 1.77 bits per heavy atom. The van der Waals surface area contributed by atoms with Crippen molar-refractivity contribution < 1.29 is 4.79 Å². The van der Waals surface area contributed by atoms with Crippen LogP contribution in [0.2, 0.25) is 0 Å². The summed E-state index contributed by atoms with van der Waals surface area (Å²) in [6.07, 6.45) is 5.23. The molecule has 1 N–H and O–H groups in total. The van der Waals surface area contributed by atoms with Gasteiger partial charge in [0.05, 0.1) is 5.54 Å². The van der Waals surface area contributed by atoms with E-state index in [0.29, 0.717) is 11.2 Å². The van der Waals surface area contributed by atoms with E-state index in [0.717, 1.165) is 25.8 Å². The molecule has 2 nitrogen and oxygen atoms in total. The van der Waals surface area contributed by atoms with Gasteiger partial charge >= 0.3 is 0 Å². The molecule has 0 atom stereocenters. The van der Waals surface area contributed by atoms with E-state index in [1.54, 1.807) is 0 Å². The summed E-state index contributed by atoms with van der Waals surface area (Å²) in [6, 6.07) is 0. The summed E-state index contributed by atoms with van der Waals surface area (Å²) in [7, 11) is 0. The first kappa shape index (κ1) is 9.20. The number of rotatable bonds is 0. The van der Waals surface area contributed by atoms with E-state index in [1.165, 1.54) is 12.8 Å². The molecule has 1 saturated heterocycles. The minimum atomic E-state index is -0.102. The Morgan fingerprint density at radius 3 is 2.23 bits per heavy atom. The molecule has 0 aromatic rings. The Hall–Kier alpha value is -0.370. The SMILES string of the molecule is CC1(C)CCC2(CC1)NCCC2=O. The lowest BCUT2D eigenvalue weighted by atomic mass is 9.68. The zero-order valence-electron chi connectivity index (χ0n) is 8.65. The zero-order chi connectivity index (χ0) is 9.53. The minimum Gasteiger partial charge on any atom is -0.304 e. The van der Waals surface area contributed by atoms with Crippen molar-refractivity contribution in [1.29, 1.82) is 0 Å². The van der Waals surface area contributed by atoms with Crippen LogP contribution in [0.3, 0.4) is 0 Å². The van der Waals surface area contributed by atoms with Crippen molar-refractivity contribution in [2.75, 3.05) is 6.54 Å². The van der Waals surface area contributed by atoms with Gasteiger partial charge in [0.15, 0.2) is 5.78 Å². The second-order valence-electron chi connectivity index (χ2n) is 5.35. The number of hydrogen-bond acceptors (Lipinski definition) is 2. The first-order chi connectivity index (χ1) is 6.04. The lowest BCUT2D eigenvalue weighted by Gasteiger charge is -2.40. The van der Waals surface area contributed by atoms with Crippen molar-refractivity contribution in [2.45, 2.75) is 51.5 Å². The van der Waals surface area contributed by atoms with Gasteiger partial charge in [-0.3, -0.25) is 4.79 Å². The number of ketones is 1. The second kappa shape index (κ2) is 2.81. The van der Waals surface area contributed by atoms with Gasteiger partial charge in [-0.2, -0.15) is 0 Å². The summed E-state index contributed by atoms with van der Waals surface area (Å²) in [5.74, 6) is 0.461. The molecular formula is C11H19NO. The average Bonchev–Trinajstić information content (AvgIpc) is 2.41. The molecule has 1 spiro atoms. The summed E-state index contributed by atoms with van der Waals surface area (Å²) in [5, 5.41) is 3.41.